The van der Waals surface area contributed by atoms with Crippen LogP contribution in [0.15, 0.2) is 54.9 Å². The highest BCUT2D eigenvalue weighted by Gasteiger charge is 2.21. The monoisotopic (exact) mass is 380 g/mol. The van der Waals surface area contributed by atoms with Gasteiger partial charge < -0.3 is 0 Å². The first-order chi connectivity index (χ1) is 13.8. The molecule has 4 nitrogen and oxygen atoms in total. The van der Waals surface area contributed by atoms with E-state index in [4.69, 9.17) is 15.0 Å². The molecular formula is C25H24N4. The Bertz CT molecular complexity index is 1380. The minimum atomic E-state index is -0.0321. The molecule has 5 rings (SSSR count). The van der Waals surface area contributed by atoms with Crippen molar-refractivity contribution >= 4 is 27.6 Å². The second-order valence-corrected chi connectivity index (χ2v) is 8.81. The summed E-state index contributed by atoms with van der Waals surface area (Å²) in [5.74, 6) is 0. The van der Waals surface area contributed by atoms with E-state index in [0.29, 0.717) is 0 Å². The molecule has 0 aliphatic heterocycles. The molecular weight excluding hydrogens is 356 g/mol. The summed E-state index contributed by atoms with van der Waals surface area (Å²) in [6, 6.07) is 16.7. The highest BCUT2D eigenvalue weighted by molar-refractivity contribution is 6.09. The van der Waals surface area contributed by atoms with Gasteiger partial charge in [0, 0.05) is 22.4 Å². The molecule has 0 saturated carbocycles. The summed E-state index contributed by atoms with van der Waals surface area (Å²) in [7, 11) is 0. The van der Waals surface area contributed by atoms with Crippen molar-refractivity contribution in [2.45, 2.75) is 40.0 Å². The Morgan fingerprint density at radius 2 is 1.59 bits per heavy atom. The maximum atomic E-state index is 5.10. The average molecular weight is 380 g/mol. The summed E-state index contributed by atoms with van der Waals surface area (Å²) in [4.78, 5) is 14.9. The Morgan fingerprint density at radius 3 is 2.31 bits per heavy atom. The molecule has 3 heterocycles. The molecule has 3 aromatic heterocycles. The fourth-order valence-electron chi connectivity index (χ4n) is 4.08. The Hall–Kier alpha value is -3.27. The van der Waals surface area contributed by atoms with E-state index in [1.807, 2.05) is 18.5 Å². The summed E-state index contributed by atoms with van der Waals surface area (Å²) in [5, 5.41) is 1.07. The van der Waals surface area contributed by atoms with Crippen molar-refractivity contribution in [3.05, 3.63) is 71.7 Å². The van der Waals surface area contributed by atoms with Crippen LogP contribution in [-0.2, 0) is 5.41 Å². The number of hydrogen-bond acceptors (Lipinski definition) is 3. The molecule has 0 fully saturated rings. The molecule has 4 heteroatoms. The zero-order chi connectivity index (χ0) is 20.3. The first-order valence-corrected chi connectivity index (χ1v) is 9.98. The van der Waals surface area contributed by atoms with E-state index < -0.39 is 0 Å². The van der Waals surface area contributed by atoms with Crippen LogP contribution in [0.4, 0.5) is 0 Å². The fraction of sp³-hybridized carbons (Fsp3) is 0.240. The Morgan fingerprint density at radius 1 is 0.862 bits per heavy atom. The predicted octanol–water partition coefficient (Wildman–Crippen LogP) is 6.01. The van der Waals surface area contributed by atoms with Gasteiger partial charge in [-0.1, -0.05) is 57.2 Å². The zero-order valence-corrected chi connectivity index (χ0v) is 17.5. The van der Waals surface area contributed by atoms with Gasteiger partial charge in [0.15, 0.2) is 0 Å². The van der Waals surface area contributed by atoms with E-state index in [9.17, 15) is 0 Å². The standard InChI is InChI=1S/C25H24N4/c1-15-9-8-10-16(2)21(15)23-24-22(17-11-6-7-12-18(17)27-23)28-20-13-19(25(3,4)5)26-14-29(20)24/h6-14H,1-5H3. The van der Waals surface area contributed by atoms with Crippen molar-refractivity contribution in [1.82, 2.24) is 19.4 Å². The third-order valence-corrected chi connectivity index (χ3v) is 5.62. The van der Waals surface area contributed by atoms with Crippen LogP contribution in [0.1, 0.15) is 37.6 Å². The van der Waals surface area contributed by atoms with Crippen molar-refractivity contribution in [3.8, 4) is 11.3 Å². The van der Waals surface area contributed by atoms with Gasteiger partial charge in [-0.3, -0.25) is 4.40 Å². The lowest BCUT2D eigenvalue weighted by molar-refractivity contribution is 0.567. The number of aromatic nitrogens is 4. The normalized spacial score (nSPS) is 12.3. The quantitative estimate of drug-likeness (QED) is 0.357. The van der Waals surface area contributed by atoms with Gasteiger partial charge in [0.1, 0.15) is 23.0 Å². The summed E-state index contributed by atoms with van der Waals surface area (Å²) in [5.41, 5.74) is 9.42. The van der Waals surface area contributed by atoms with Crippen molar-refractivity contribution in [1.29, 1.82) is 0 Å². The van der Waals surface area contributed by atoms with Gasteiger partial charge in [0.2, 0.25) is 0 Å². The third-order valence-electron chi connectivity index (χ3n) is 5.62. The SMILES string of the molecule is Cc1cccc(C)c1-c1nc2ccccc2c2nc3cc(C(C)(C)C)ncn3c12. The summed E-state index contributed by atoms with van der Waals surface area (Å²) in [6.07, 6.45) is 1.90. The van der Waals surface area contributed by atoms with Crippen molar-refractivity contribution in [2.24, 2.45) is 0 Å². The van der Waals surface area contributed by atoms with Gasteiger partial charge >= 0.3 is 0 Å². The van der Waals surface area contributed by atoms with E-state index in [1.165, 1.54) is 16.7 Å². The van der Waals surface area contributed by atoms with E-state index in [1.54, 1.807) is 0 Å². The summed E-state index contributed by atoms with van der Waals surface area (Å²) < 4.78 is 2.09. The van der Waals surface area contributed by atoms with Crippen LogP contribution in [0, 0.1) is 13.8 Å². The topological polar surface area (TPSA) is 43.1 Å². The summed E-state index contributed by atoms with van der Waals surface area (Å²) in [6.45, 7) is 10.8. The maximum Gasteiger partial charge on any atom is 0.141 e. The molecule has 5 aromatic rings. The van der Waals surface area contributed by atoms with Gasteiger partial charge in [-0.05, 0) is 31.0 Å². The molecule has 0 aliphatic rings. The van der Waals surface area contributed by atoms with Gasteiger partial charge in [-0.15, -0.1) is 0 Å². The van der Waals surface area contributed by atoms with Crippen LogP contribution < -0.4 is 0 Å². The Kier molecular flexibility index (Phi) is 3.75. The van der Waals surface area contributed by atoms with Crippen LogP contribution >= 0.6 is 0 Å². The number of aryl methyl sites for hydroxylation is 2. The molecule has 0 N–H and O–H groups in total. The Balaban J connectivity index is 1.98. The molecule has 2 aromatic carbocycles. The summed E-state index contributed by atoms with van der Waals surface area (Å²) >= 11 is 0. The highest BCUT2D eigenvalue weighted by Crippen LogP contribution is 2.36. The second-order valence-electron chi connectivity index (χ2n) is 8.81. The van der Waals surface area contributed by atoms with Gasteiger partial charge in [-0.25, -0.2) is 15.0 Å². The Labute approximate surface area is 170 Å². The number of imidazole rings is 1. The first-order valence-electron chi connectivity index (χ1n) is 9.98. The van der Waals surface area contributed by atoms with Crippen LogP contribution in [0.3, 0.4) is 0 Å². The number of fused-ring (bicyclic) bond motifs is 5. The van der Waals surface area contributed by atoms with Crippen molar-refractivity contribution in [2.75, 3.05) is 0 Å². The number of nitrogens with zero attached hydrogens (tertiary/aromatic N) is 4. The van der Waals surface area contributed by atoms with Gasteiger partial charge in [0.25, 0.3) is 0 Å². The third kappa shape index (κ3) is 2.70. The second kappa shape index (κ2) is 6.11. The minimum Gasteiger partial charge on any atom is -0.281 e. The smallest absolute Gasteiger partial charge is 0.141 e. The van der Waals surface area contributed by atoms with Gasteiger partial charge in [-0.2, -0.15) is 0 Å². The van der Waals surface area contributed by atoms with Crippen molar-refractivity contribution < 1.29 is 0 Å². The lowest BCUT2D eigenvalue weighted by Crippen LogP contribution is -2.13. The van der Waals surface area contributed by atoms with Crippen LogP contribution in [-0.4, -0.2) is 19.4 Å². The average Bonchev–Trinajstić information content (AvgIpc) is 3.06. The number of hydrogen-bond donors (Lipinski definition) is 0. The molecule has 0 unspecified atom stereocenters. The molecule has 0 bridgehead atoms. The van der Waals surface area contributed by atoms with E-state index >= 15 is 0 Å². The predicted molar refractivity (Wildman–Crippen MR) is 119 cm³/mol. The van der Waals surface area contributed by atoms with Crippen LogP contribution in [0.5, 0.6) is 0 Å². The molecule has 144 valence electrons. The molecule has 0 amide bonds. The van der Waals surface area contributed by atoms with E-state index in [-0.39, 0.29) is 5.41 Å². The minimum absolute atomic E-state index is 0.0321. The molecule has 0 atom stereocenters. The largest absolute Gasteiger partial charge is 0.281 e. The highest BCUT2D eigenvalue weighted by atomic mass is 15.1. The molecule has 29 heavy (non-hydrogen) atoms. The molecule has 0 saturated heterocycles. The molecule has 0 spiro atoms. The number of rotatable bonds is 1. The maximum absolute atomic E-state index is 5.10. The fourth-order valence-corrected chi connectivity index (χ4v) is 4.08. The molecule has 0 radical (unpaired) electrons. The zero-order valence-electron chi connectivity index (χ0n) is 17.5. The van der Waals surface area contributed by atoms with E-state index in [0.717, 1.165) is 39.0 Å². The van der Waals surface area contributed by atoms with Crippen LogP contribution in [0.2, 0.25) is 0 Å². The number of benzene rings is 2. The first kappa shape index (κ1) is 17.8. The van der Waals surface area contributed by atoms with E-state index in [2.05, 4.69) is 75.4 Å². The van der Waals surface area contributed by atoms with Crippen molar-refractivity contribution in [3.63, 3.8) is 0 Å². The van der Waals surface area contributed by atoms with Crippen LogP contribution in [0.25, 0.3) is 38.8 Å². The molecule has 0 aliphatic carbocycles. The van der Waals surface area contributed by atoms with Gasteiger partial charge in [0.05, 0.1) is 16.9 Å². The lowest BCUT2D eigenvalue weighted by Gasteiger charge is -2.17. The number of pyridine rings is 1. The lowest BCUT2D eigenvalue weighted by atomic mass is 9.92. The number of para-hydroxylation sites is 1.